The number of fused-ring (bicyclic) bond motifs is 1. The van der Waals surface area contributed by atoms with Crippen LogP contribution in [0.15, 0.2) is 0 Å². The number of aliphatic hydroxyl groups excluding tert-OH is 1. The number of hydrogen-bond donors (Lipinski definition) is 2. The highest BCUT2D eigenvalue weighted by Gasteiger charge is 2.26. The summed E-state index contributed by atoms with van der Waals surface area (Å²) in [5, 5.41) is 12.9. The summed E-state index contributed by atoms with van der Waals surface area (Å²) in [5.41, 5.74) is 1.16. The van der Waals surface area contributed by atoms with Crippen LogP contribution in [0.3, 0.4) is 0 Å². The van der Waals surface area contributed by atoms with E-state index in [4.69, 9.17) is 0 Å². The van der Waals surface area contributed by atoms with Crippen LogP contribution >= 0.6 is 11.3 Å². The van der Waals surface area contributed by atoms with Crippen molar-refractivity contribution in [2.24, 2.45) is 0 Å². The number of rotatable bonds is 4. The van der Waals surface area contributed by atoms with Crippen LogP contribution in [0.2, 0.25) is 0 Å². The number of nitrogens with one attached hydrogen (secondary N) is 1. The Morgan fingerprint density at radius 1 is 1.47 bits per heavy atom. The van der Waals surface area contributed by atoms with Gasteiger partial charge in [0.1, 0.15) is 0 Å². The predicted molar refractivity (Wildman–Crippen MR) is 74.4 cm³/mol. The minimum absolute atomic E-state index is 0.0206. The van der Waals surface area contributed by atoms with Crippen molar-refractivity contribution in [1.29, 1.82) is 0 Å². The lowest BCUT2D eigenvalue weighted by molar-refractivity contribution is -0.117. The summed E-state index contributed by atoms with van der Waals surface area (Å²) in [7, 11) is 0. The number of aryl methyl sites for hydroxylation is 2. The second-order valence-electron chi connectivity index (χ2n) is 5.24. The molecule has 1 aromatic heterocycles. The third-order valence-electron chi connectivity index (χ3n) is 3.90. The number of aromatic nitrogens is 1. The summed E-state index contributed by atoms with van der Waals surface area (Å²) in [6, 6.07) is 0.145. The van der Waals surface area contributed by atoms with E-state index in [1.54, 1.807) is 11.3 Å². The second kappa shape index (κ2) is 5.56. The fraction of sp³-hybridized carbons (Fsp3) is 0.692. The Balaban J connectivity index is 1.56. The van der Waals surface area contributed by atoms with Crippen molar-refractivity contribution in [2.75, 3.05) is 25.0 Å². The molecule has 1 atom stereocenters. The summed E-state index contributed by atoms with van der Waals surface area (Å²) in [6.45, 7) is 1.39. The average molecular weight is 281 g/mol. The van der Waals surface area contributed by atoms with Crippen LogP contribution < -0.4 is 5.32 Å². The zero-order chi connectivity index (χ0) is 13.2. The molecule has 0 aromatic carbocycles. The molecule has 0 saturated carbocycles. The first-order chi connectivity index (χ1) is 9.26. The molecular formula is C13H19N3O2S. The van der Waals surface area contributed by atoms with Gasteiger partial charge in [-0.05, 0) is 38.6 Å². The molecule has 1 aliphatic heterocycles. The van der Waals surface area contributed by atoms with E-state index >= 15 is 0 Å². The van der Waals surface area contributed by atoms with Crippen LogP contribution in [-0.4, -0.2) is 46.6 Å². The molecule has 104 valence electrons. The number of carbonyl (C=O) groups excluding carboxylic acids is 1. The maximum atomic E-state index is 12.0. The Bertz CT molecular complexity index is 453. The van der Waals surface area contributed by atoms with E-state index in [0.717, 1.165) is 43.1 Å². The maximum absolute atomic E-state index is 12.0. The van der Waals surface area contributed by atoms with E-state index in [2.05, 4.69) is 15.2 Å². The van der Waals surface area contributed by atoms with E-state index in [1.165, 1.54) is 11.3 Å². The summed E-state index contributed by atoms with van der Waals surface area (Å²) in [5.74, 6) is -0.0206. The average Bonchev–Trinajstić information content (AvgIpc) is 3.03. The van der Waals surface area contributed by atoms with Gasteiger partial charge in [0.2, 0.25) is 5.91 Å². The lowest BCUT2D eigenvalue weighted by Gasteiger charge is -2.21. The molecule has 2 aliphatic rings. The lowest BCUT2D eigenvalue weighted by Crippen LogP contribution is -2.38. The third kappa shape index (κ3) is 2.80. The minimum atomic E-state index is -0.0206. The SMILES string of the molecule is O=C(CN1CCC[C@@H]1CO)Nc1nc2c(s1)CCC2. The molecule has 1 saturated heterocycles. The van der Waals surface area contributed by atoms with Gasteiger partial charge in [0.25, 0.3) is 0 Å². The largest absolute Gasteiger partial charge is 0.395 e. The molecule has 5 nitrogen and oxygen atoms in total. The Labute approximate surface area is 116 Å². The normalized spacial score (nSPS) is 22.7. The van der Waals surface area contributed by atoms with Gasteiger partial charge < -0.3 is 10.4 Å². The Morgan fingerprint density at radius 2 is 2.37 bits per heavy atom. The molecule has 6 heteroatoms. The molecule has 1 aromatic rings. The van der Waals surface area contributed by atoms with Crippen molar-refractivity contribution in [3.63, 3.8) is 0 Å². The Hall–Kier alpha value is -0.980. The number of likely N-dealkylation sites (tertiary alicyclic amines) is 1. The van der Waals surface area contributed by atoms with Gasteiger partial charge in [0.05, 0.1) is 18.8 Å². The van der Waals surface area contributed by atoms with Crippen LogP contribution in [0, 0.1) is 0 Å². The maximum Gasteiger partial charge on any atom is 0.240 e. The molecular weight excluding hydrogens is 262 g/mol. The van der Waals surface area contributed by atoms with Gasteiger partial charge in [0, 0.05) is 10.9 Å². The molecule has 0 bridgehead atoms. The molecule has 3 rings (SSSR count). The number of hydrogen-bond acceptors (Lipinski definition) is 5. The summed E-state index contributed by atoms with van der Waals surface area (Å²) < 4.78 is 0. The van der Waals surface area contributed by atoms with Gasteiger partial charge in [0.15, 0.2) is 5.13 Å². The van der Waals surface area contributed by atoms with Crippen LogP contribution in [0.4, 0.5) is 5.13 Å². The van der Waals surface area contributed by atoms with Gasteiger partial charge in [-0.1, -0.05) is 0 Å². The van der Waals surface area contributed by atoms with E-state index in [9.17, 15) is 9.90 Å². The van der Waals surface area contributed by atoms with Gasteiger partial charge >= 0.3 is 0 Å². The first-order valence-corrected chi connectivity index (χ1v) is 7.71. The molecule has 2 N–H and O–H groups in total. The van der Waals surface area contributed by atoms with Crippen LogP contribution in [0.25, 0.3) is 0 Å². The number of amides is 1. The summed E-state index contributed by atoms with van der Waals surface area (Å²) >= 11 is 1.60. The molecule has 1 aliphatic carbocycles. The molecule has 0 unspecified atom stereocenters. The number of thiazole rings is 1. The molecule has 19 heavy (non-hydrogen) atoms. The molecule has 1 fully saturated rings. The van der Waals surface area contributed by atoms with Gasteiger partial charge in [-0.3, -0.25) is 9.69 Å². The Kier molecular flexibility index (Phi) is 3.81. The minimum Gasteiger partial charge on any atom is -0.395 e. The zero-order valence-corrected chi connectivity index (χ0v) is 11.7. The molecule has 2 heterocycles. The lowest BCUT2D eigenvalue weighted by atomic mass is 10.2. The number of anilines is 1. The van der Waals surface area contributed by atoms with Gasteiger partial charge in [-0.15, -0.1) is 11.3 Å². The van der Waals surface area contributed by atoms with Crippen LogP contribution in [-0.2, 0) is 17.6 Å². The monoisotopic (exact) mass is 281 g/mol. The van der Waals surface area contributed by atoms with E-state index in [0.29, 0.717) is 6.54 Å². The standard InChI is InChI=1S/C13H19N3O2S/c17-8-9-3-2-6-16(9)7-12(18)15-13-14-10-4-1-5-11(10)19-13/h9,17H,1-8H2,(H,14,15,18)/t9-/m1/s1. The smallest absolute Gasteiger partial charge is 0.240 e. The van der Waals surface area contributed by atoms with Crippen LogP contribution in [0.1, 0.15) is 29.8 Å². The number of carbonyl (C=O) groups is 1. The van der Waals surface area contributed by atoms with E-state index in [-0.39, 0.29) is 18.6 Å². The first kappa shape index (κ1) is 13.0. The van der Waals surface area contributed by atoms with E-state index in [1.807, 2.05) is 0 Å². The summed E-state index contributed by atoms with van der Waals surface area (Å²) in [4.78, 5) is 19.8. The topological polar surface area (TPSA) is 65.5 Å². The number of aliphatic hydroxyl groups is 1. The van der Waals surface area contributed by atoms with Crippen molar-refractivity contribution in [1.82, 2.24) is 9.88 Å². The molecule has 0 spiro atoms. The van der Waals surface area contributed by atoms with Crippen molar-refractivity contribution in [3.8, 4) is 0 Å². The Morgan fingerprint density at radius 3 is 3.16 bits per heavy atom. The van der Waals surface area contributed by atoms with Crippen molar-refractivity contribution in [3.05, 3.63) is 10.6 Å². The van der Waals surface area contributed by atoms with E-state index < -0.39 is 0 Å². The highest BCUT2D eigenvalue weighted by atomic mass is 32.1. The molecule has 1 amide bonds. The first-order valence-electron chi connectivity index (χ1n) is 6.89. The number of nitrogens with zero attached hydrogens (tertiary/aromatic N) is 2. The fourth-order valence-electron chi connectivity index (χ4n) is 2.90. The third-order valence-corrected chi connectivity index (χ3v) is 4.97. The quantitative estimate of drug-likeness (QED) is 0.865. The van der Waals surface area contributed by atoms with Gasteiger partial charge in [-0.2, -0.15) is 0 Å². The van der Waals surface area contributed by atoms with Crippen molar-refractivity contribution < 1.29 is 9.90 Å². The second-order valence-corrected chi connectivity index (χ2v) is 6.32. The molecule has 0 radical (unpaired) electrons. The zero-order valence-electron chi connectivity index (χ0n) is 10.9. The predicted octanol–water partition coefficient (Wildman–Crippen LogP) is 1.03. The van der Waals surface area contributed by atoms with Gasteiger partial charge in [-0.25, -0.2) is 4.98 Å². The highest BCUT2D eigenvalue weighted by molar-refractivity contribution is 7.15. The van der Waals surface area contributed by atoms with Crippen molar-refractivity contribution >= 4 is 22.4 Å². The van der Waals surface area contributed by atoms with Crippen molar-refractivity contribution in [2.45, 2.75) is 38.1 Å². The highest BCUT2D eigenvalue weighted by Crippen LogP contribution is 2.30. The van der Waals surface area contributed by atoms with Crippen LogP contribution in [0.5, 0.6) is 0 Å². The fourth-order valence-corrected chi connectivity index (χ4v) is 3.96. The summed E-state index contributed by atoms with van der Waals surface area (Å²) in [6.07, 6.45) is 5.37.